The summed E-state index contributed by atoms with van der Waals surface area (Å²) in [6.45, 7) is 12.1. The first-order valence-electron chi connectivity index (χ1n) is 6.84. The summed E-state index contributed by atoms with van der Waals surface area (Å²) in [6, 6.07) is 0.723. The van der Waals surface area contributed by atoms with E-state index in [1.54, 1.807) is 0 Å². The number of nitrogens with one attached hydrogen (secondary N) is 1. The van der Waals surface area contributed by atoms with Crippen LogP contribution < -0.4 is 5.32 Å². The molecular formula is C14H29NO. The molecule has 1 saturated carbocycles. The molecule has 96 valence electrons. The average Bonchev–Trinajstić information content (AvgIpc) is 2.14. The molecule has 16 heavy (non-hydrogen) atoms. The van der Waals surface area contributed by atoms with Crippen LogP contribution in [0.5, 0.6) is 0 Å². The zero-order valence-electron chi connectivity index (χ0n) is 11.5. The van der Waals surface area contributed by atoms with Crippen LogP contribution in [-0.4, -0.2) is 25.8 Å². The minimum absolute atomic E-state index is 0.523. The summed E-state index contributed by atoms with van der Waals surface area (Å²) in [5.74, 6) is 0.869. The van der Waals surface area contributed by atoms with Gasteiger partial charge in [-0.15, -0.1) is 0 Å². The molecule has 0 aliphatic heterocycles. The molecular weight excluding hydrogens is 198 g/mol. The van der Waals surface area contributed by atoms with Crippen molar-refractivity contribution in [1.29, 1.82) is 0 Å². The van der Waals surface area contributed by atoms with Crippen molar-refractivity contribution < 1.29 is 4.74 Å². The summed E-state index contributed by atoms with van der Waals surface area (Å²) in [4.78, 5) is 0. The monoisotopic (exact) mass is 227 g/mol. The molecule has 2 unspecified atom stereocenters. The smallest absolute Gasteiger partial charge is 0.0477 e. The number of hydrogen-bond acceptors (Lipinski definition) is 2. The van der Waals surface area contributed by atoms with Crippen molar-refractivity contribution in [2.75, 3.05) is 19.8 Å². The lowest BCUT2D eigenvalue weighted by Gasteiger charge is -2.39. The Hall–Kier alpha value is -0.0800. The van der Waals surface area contributed by atoms with Crippen LogP contribution in [0.4, 0.5) is 0 Å². The van der Waals surface area contributed by atoms with Crippen LogP contribution in [0.15, 0.2) is 0 Å². The third-order valence-corrected chi connectivity index (χ3v) is 3.49. The number of hydrogen-bond donors (Lipinski definition) is 1. The van der Waals surface area contributed by atoms with E-state index in [1.807, 2.05) is 0 Å². The maximum Gasteiger partial charge on any atom is 0.0477 e. The van der Waals surface area contributed by atoms with Gasteiger partial charge in [-0.25, -0.2) is 0 Å². The fourth-order valence-corrected chi connectivity index (χ4v) is 3.13. The highest BCUT2D eigenvalue weighted by molar-refractivity contribution is 4.86. The van der Waals surface area contributed by atoms with E-state index in [0.29, 0.717) is 5.41 Å². The number of ether oxygens (including phenoxy) is 1. The van der Waals surface area contributed by atoms with E-state index in [4.69, 9.17) is 4.74 Å². The van der Waals surface area contributed by atoms with Crippen LogP contribution in [0.25, 0.3) is 0 Å². The predicted octanol–water partition coefficient (Wildman–Crippen LogP) is 3.22. The zero-order chi connectivity index (χ0) is 12.0. The van der Waals surface area contributed by atoms with Crippen molar-refractivity contribution in [1.82, 2.24) is 5.32 Å². The van der Waals surface area contributed by atoms with Crippen LogP contribution in [0.2, 0.25) is 0 Å². The second-order valence-corrected chi connectivity index (χ2v) is 6.11. The van der Waals surface area contributed by atoms with E-state index < -0.39 is 0 Å². The van der Waals surface area contributed by atoms with Gasteiger partial charge in [-0.2, -0.15) is 0 Å². The molecule has 1 aliphatic carbocycles. The molecule has 0 aromatic rings. The summed E-state index contributed by atoms with van der Waals surface area (Å²) < 4.78 is 5.34. The summed E-state index contributed by atoms with van der Waals surface area (Å²) in [6.07, 6.45) is 5.19. The Balaban J connectivity index is 2.16. The fourth-order valence-electron chi connectivity index (χ4n) is 3.13. The van der Waals surface area contributed by atoms with Crippen LogP contribution in [0.1, 0.15) is 53.4 Å². The molecule has 1 N–H and O–H groups in total. The largest absolute Gasteiger partial charge is 0.382 e. The van der Waals surface area contributed by atoms with Gasteiger partial charge in [0.2, 0.25) is 0 Å². The predicted molar refractivity (Wildman–Crippen MR) is 69.7 cm³/mol. The normalized spacial score (nSPS) is 29.2. The Kier molecular flexibility index (Phi) is 5.77. The second-order valence-electron chi connectivity index (χ2n) is 6.11. The molecule has 0 amide bonds. The van der Waals surface area contributed by atoms with Crippen molar-refractivity contribution in [3.05, 3.63) is 0 Å². The van der Waals surface area contributed by atoms with Gasteiger partial charge in [0.1, 0.15) is 0 Å². The van der Waals surface area contributed by atoms with Crippen molar-refractivity contribution in [3.8, 4) is 0 Å². The topological polar surface area (TPSA) is 21.3 Å². The summed E-state index contributed by atoms with van der Waals surface area (Å²) >= 11 is 0. The molecule has 0 spiro atoms. The summed E-state index contributed by atoms with van der Waals surface area (Å²) in [5.41, 5.74) is 0.523. The molecule has 1 rings (SSSR count). The van der Waals surface area contributed by atoms with Crippen molar-refractivity contribution in [2.24, 2.45) is 11.3 Å². The van der Waals surface area contributed by atoms with Gasteiger partial charge in [-0.05, 0) is 50.5 Å². The first-order chi connectivity index (χ1) is 7.53. The minimum atomic E-state index is 0.523. The van der Waals surface area contributed by atoms with E-state index in [9.17, 15) is 0 Å². The van der Waals surface area contributed by atoms with Crippen molar-refractivity contribution in [3.63, 3.8) is 0 Å². The van der Waals surface area contributed by atoms with Gasteiger partial charge in [-0.1, -0.05) is 20.8 Å². The Labute approximate surface area is 101 Å². The van der Waals surface area contributed by atoms with Crippen LogP contribution >= 0.6 is 0 Å². The van der Waals surface area contributed by atoms with E-state index in [0.717, 1.165) is 38.1 Å². The van der Waals surface area contributed by atoms with Crippen molar-refractivity contribution >= 4 is 0 Å². The van der Waals surface area contributed by atoms with Gasteiger partial charge >= 0.3 is 0 Å². The molecule has 0 saturated heterocycles. The molecule has 2 heteroatoms. The fraction of sp³-hybridized carbons (Fsp3) is 1.00. The average molecular weight is 227 g/mol. The van der Waals surface area contributed by atoms with E-state index in [-0.39, 0.29) is 0 Å². The molecule has 1 aliphatic rings. The SMILES string of the molecule is CCOCCCNC1CC(C)CC(C)(C)C1. The summed E-state index contributed by atoms with van der Waals surface area (Å²) in [7, 11) is 0. The van der Waals surface area contributed by atoms with E-state index in [1.165, 1.54) is 19.3 Å². The molecule has 0 bridgehead atoms. The molecule has 1 fully saturated rings. The molecule has 2 atom stereocenters. The third-order valence-electron chi connectivity index (χ3n) is 3.49. The van der Waals surface area contributed by atoms with E-state index in [2.05, 4.69) is 33.0 Å². The lowest BCUT2D eigenvalue weighted by atomic mass is 9.70. The van der Waals surface area contributed by atoms with Gasteiger partial charge in [-0.3, -0.25) is 0 Å². The molecule has 0 aromatic carbocycles. The van der Waals surface area contributed by atoms with Crippen LogP contribution in [0, 0.1) is 11.3 Å². The van der Waals surface area contributed by atoms with Gasteiger partial charge in [0.15, 0.2) is 0 Å². The Bertz CT molecular complexity index is 191. The molecule has 0 aromatic heterocycles. The Morgan fingerprint density at radius 3 is 2.69 bits per heavy atom. The molecule has 0 radical (unpaired) electrons. The molecule has 2 nitrogen and oxygen atoms in total. The van der Waals surface area contributed by atoms with Gasteiger partial charge in [0, 0.05) is 19.3 Å². The van der Waals surface area contributed by atoms with Gasteiger partial charge < -0.3 is 10.1 Å². The maximum absolute atomic E-state index is 5.34. The lowest BCUT2D eigenvalue weighted by Crippen LogP contribution is -2.40. The zero-order valence-corrected chi connectivity index (χ0v) is 11.5. The van der Waals surface area contributed by atoms with Gasteiger partial charge in [0.05, 0.1) is 0 Å². The van der Waals surface area contributed by atoms with Crippen LogP contribution in [-0.2, 0) is 4.74 Å². The van der Waals surface area contributed by atoms with Crippen LogP contribution in [0.3, 0.4) is 0 Å². The third kappa shape index (κ3) is 5.31. The second kappa shape index (κ2) is 6.61. The highest BCUT2D eigenvalue weighted by atomic mass is 16.5. The van der Waals surface area contributed by atoms with E-state index >= 15 is 0 Å². The standard InChI is InChI=1S/C14H29NO/c1-5-16-8-6-7-15-13-9-12(2)10-14(3,4)11-13/h12-13,15H,5-11H2,1-4H3. The summed E-state index contributed by atoms with van der Waals surface area (Å²) in [5, 5.41) is 3.69. The molecule has 0 heterocycles. The maximum atomic E-state index is 5.34. The van der Waals surface area contributed by atoms with Crippen molar-refractivity contribution in [2.45, 2.75) is 59.4 Å². The minimum Gasteiger partial charge on any atom is -0.382 e. The quantitative estimate of drug-likeness (QED) is 0.704. The van der Waals surface area contributed by atoms with Gasteiger partial charge in [0.25, 0.3) is 0 Å². The lowest BCUT2D eigenvalue weighted by molar-refractivity contribution is 0.133. The first-order valence-corrected chi connectivity index (χ1v) is 6.84. The first kappa shape index (κ1) is 14.0. The Morgan fingerprint density at radius 1 is 1.31 bits per heavy atom. The highest BCUT2D eigenvalue weighted by Gasteiger charge is 2.31. The Morgan fingerprint density at radius 2 is 2.06 bits per heavy atom. The number of rotatable bonds is 6. The highest BCUT2D eigenvalue weighted by Crippen LogP contribution is 2.38.